The van der Waals surface area contributed by atoms with Crippen LogP contribution in [0.4, 0.5) is 8.78 Å². The fourth-order valence-corrected chi connectivity index (χ4v) is 3.81. The monoisotopic (exact) mass is 407 g/mol. The molecular weight excluding hydrogens is 392 g/mol. The van der Waals surface area contributed by atoms with Crippen molar-refractivity contribution >= 4 is 40.8 Å². The number of amidine groups is 1. The normalized spacial score (nSPS) is 18.6. The number of alkyl halides is 2. The van der Waals surface area contributed by atoms with Gasteiger partial charge in [0.05, 0.1) is 11.5 Å². The molecule has 0 bridgehead atoms. The highest BCUT2D eigenvalue weighted by molar-refractivity contribution is 8.15. The first-order valence-corrected chi connectivity index (χ1v) is 9.67. The van der Waals surface area contributed by atoms with Crippen molar-refractivity contribution < 1.29 is 18.7 Å². The van der Waals surface area contributed by atoms with Crippen LogP contribution in [0.25, 0.3) is 0 Å². The van der Waals surface area contributed by atoms with Crippen LogP contribution < -0.4 is 5.32 Å². The van der Waals surface area contributed by atoms with Gasteiger partial charge in [-0.15, -0.1) is 5.10 Å². The van der Waals surface area contributed by atoms with Gasteiger partial charge in [-0.25, -0.2) is 0 Å². The minimum Gasteiger partial charge on any atom is -0.507 e. The number of benzene rings is 2. The van der Waals surface area contributed by atoms with E-state index >= 15 is 0 Å². The Labute approximate surface area is 163 Å². The molecule has 0 aliphatic carbocycles. The first kappa shape index (κ1) is 19.4. The Bertz CT molecular complexity index is 873. The average Bonchev–Trinajstić information content (AvgIpc) is 2.97. The van der Waals surface area contributed by atoms with Crippen molar-refractivity contribution in [2.24, 2.45) is 10.2 Å². The van der Waals surface area contributed by atoms with Crippen molar-refractivity contribution in [1.82, 2.24) is 5.32 Å². The summed E-state index contributed by atoms with van der Waals surface area (Å²) in [6, 6.07) is 13.4. The molecule has 2 aromatic rings. The number of phenolic OH excluding ortho intramolecular Hbond substituents is 1. The van der Waals surface area contributed by atoms with Crippen LogP contribution >= 0.6 is 23.5 Å². The SMILES string of the molecule is O=C1N/C(=N/N=C/c2ccccc2O)SC1Cc1ccc(SC(F)F)cc1. The van der Waals surface area contributed by atoms with E-state index in [-0.39, 0.29) is 16.9 Å². The molecule has 0 radical (unpaired) electrons. The number of para-hydroxylation sites is 1. The Morgan fingerprint density at radius 1 is 1.22 bits per heavy atom. The van der Waals surface area contributed by atoms with Crippen LogP contribution in [0.3, 0.4) is 0 Å². The molecule has 1 saturated heterocycles. The largest absolute Gasteiger partial charge is 0.507 e. The molecule has 2 N–H and O–H groups in total. The zero-order valence-electron chi connectivity index (χ0n) is 13.9. The van der Waals surface area contributed by atoms with Crippen LogP contribution in [-0.4, -0.2) is 33.4 Å². The Morgan fingerprint density at radius 3 is 2.67 bits per heavy atom. The Kier molecular flexibility index (Phi) is 6.46. The minimum atomic E-state index is -2.45. The third-order valence-corrected chi connectivity index (χ3v) is 5.42. The number of thioether (sulfide) groups is 2. The minimum absolute atomic E-state index is 0.0934. The molecule has 1 aliphatic heterocycles. The van der Waals surface area contributed by atoms with Crippen LogP contribution in [0.1, 0.15) is 11.1 Å². The number of hydrogen-bond donors (Lipinski definition) is 2. The van der Waals surface area contributed by atoms with Gasteiger partial charge >= 0.3 is 0 Å². The van der Waals surface area contributed by atoms with Crippen LogP contribution in [0, 0.1) is 0 Å². The zero-order valence-corrected chi connectivity index (χ0v) is 15.5. The number of nitrogens with zero attached hydrogens (tertiary/aromatic N) is 2. The second kappa shape index (κ2) is 9.01. The van der Waals surface area contributed by atoms with Gasteiger partial charge in [0.2, 0.25) is 5.91 Å². The molecule has 0 spiro atoms. The highest BCUT2D eigenvalue weighted by atomic mass is 32.2. The van der Waals surface area contributed by atoms with E-state index in [9.17, 15) is 18.7 Å². The number of aromatic hydroxyl groups is 1. The lowest BCUT2D eigenvalue weighted by atomic mass is 10.1. The molecule has 1 heterocycles. The molecule has 0 aromatic heterocycles. The molecule has 1 fully saturated rings. The summed E-state index contributed by atoms with van der Waals surface area (Å²) in [7, 11) is 0. The summed E-state index contributed by atoms with van der Waals surface area (Å²) in [4.78, 5) is 12.6. The van der Waals surface area contributed by atoms with Gasteiger partial charge in [-0.05, 0) is 36.2 Å². The summed E-state index contributed by atoms with van der Waals surface area (Å²) >= 11 is 1.74. The van der Waals surface area contributed by atoms with Crippen molar-refractivity contribution in [3.05, 3.63) is 59.7 Å². The van der Waals surface area contributed by atoms with Crippen molar-refractivity contribution in [2.45, 2.75) is 22.3 Å². The van der Waals surface area contributed by atoms with Gasteiger partial charge in [-0.1, -0.05) is 47.8 Å². The summed E-state index contributed by atoms with van der Waals surface area (Å²) in [5.41, 5.74) is 1.40. The topological polar surface area (TPSA) is 74.0 Å². The Balaban J connectivity index is 1.59. The predicted octanol–water partition coefficient (Wildman–Crippen LogP) is 3.87. The lowest BCUT2D eigenvalue weighted by Gasteiger charge is -2.06. The van der Waals surface area contributed by atoms with Gasteiger partial charge in [0.25, 0.3) is 5.76 Å². The second-order valence-corrected chi connectivity index (χ2v) is 7.79. The first-order chi connectivity index (χ1) is 13.0. The van der Waals surface area contributed by atoms with Gasteiger partial charge in [0.1, 0.15) is 5.75 Å². The molecule has 9 heteroatoms. The highest BCUT2D eigenvalue weighted by Gasteiger charge is 2.30. The standard InChI is InChI=1S/C18H15F2N3O2S2/c19-17(20)26-13-7-5-11(6-8-13)9-15-16(25)22-18(27-15)23-21-10-12-3-1-2-4-14(12)24/h1-8,10,15,17,24H,9H2,(H,22,23,25)/b21-10+. The first-order valence-electron chi connectivity index (χ1n) is 7.91. The summed E-state index contributed by atoms with van der Waals surface area (Å²) in [5.74, 6) is -2.54. The van der Waals surface area contributed by atoms with Crippen LogP contribution in [-0.2, 0) is 11.2 Å². The summed E-state index contributed by atoms with van der Waals surface area (Å²) in [5, 5.41) is 20.2. The van der Waals surface area contributed by atoms with Crippen molar-refractivity contribution in [1.29, 1.82) is 0 Å². The molecule has 1 unspecified atom stereocenters. The summed E-state index contributed by atoms with van der Waals surface area (Å²) in [6.45, 7) is 0. The van der Waals surface area contributed by atoms with Crippen molar-refractivity contribution in [3.8, 4) is 5.75 Å². The van der Waals surface area contributed by atoms with E-state index in [1.54, 1.807) is 48.5 Å². The molecule has 2 aromatic carbocycles. The average molecular weight is 407 g/mol. The van der Waals surface area contributed by atoms with E-state index < -0.39 is 5.76 Å². The molecule has 5 nitrogen and oxygen atoms in total. The maximum atomic E-state index is 12.3. The molecule has 1 aliphatic rings. The lowest BCUT2D eigenvalue weighted by Crippen LogP contribution is -2.25. The van der Waals surface area contributed by atoms with Gasteiger partial charge in [0, 0.05) is 10.5 Å². The number of rotatable bonds is 6. The van der Waals surface area contributed by atoms with E-state index in [0.717, 1.165) is 5.56 Å². The van der Waals surface area contributed by atoms with Crippen molar-refractivity contribution in [3.63, 3.8) is 0 Å². The van der Waals surface area contributed by atoms with Crippen LogP contribution in [0.15, 0.2) is 63.6 Å². The highest BCUT2D eigenvalue weighted by Crippen LogP contribution is 2.27. The third-order valence-electron chi connectivity index (χ3n) is 3.63. The molecule has 27 heavy (non-hydrogen) atoms. The predicted molar refractivity (Wildman–Crippen MR) is 105 cm³/mol. The summed E-state index contributed by atoms with van der Waals surface area (Å²) < 4.78 is 24.7. The number of carbonyl (C=O) groups is 1. The van der Waals surface area contributed by atoms with E-state index in [0.29, 0.717) is 33.8 Å². The van der Waals surface area contributed by atoms with E-state index in [1.165, 1.54) is 18.0 Å². The summed E-state index contributed by atoms with van der Waals surface area (Å²) in [6.07, 6.45) is 1.86. The Hall–Kier alpha value is -2.39. The van der Waals surface area contributed by atoms with Crippen LogP contribution in [0.2, 0.25) is 0 Å². The zero-order chi connectivity index (χ0) is 19.2. The molecule has 140 valence electrons. The Morgan fingerprint density at radius 2 is 1.96 bits per heavy atom. The number of nitrogens with one attached hydrogen (secondary N) is 1. The van der Waals surface area contributed by atoms with Gasteiger partial charge in [-0.2, -0.15) is 13.9 Å². The van der Waals surface area contributed by atoms with Gasteiger partial charge < -0.3 is 10.4 Å². The van der Waals surface area contributed by atoms with E-state index in [2.05, 4.69) is 15.5 Å². The van der Waals surface area contributed by atoms with Crippen LogP contribution in [0.5, 0.6) is 5.75 Å². The third kappa shape index (κ3) is 5.54. The molecule has 1 atom stereocenters. The van der Waals surface area contributed by atoms with E-state index in [4.69, 9.17) is 0 Å². The smallest absolute Gasteiger partial charge is 0.288 e. The molecule has 1 amide bonds. The number of phenols is 1. The van der Waals surface area contributed by atoms with Crippen molar-refractivity contribution in [2.75, 3.05) is 0 Å². The maximum absolute atomic E-state index is 12.3. The molecular formula is C18H15F2N3O2S2. The quantitative estimate of drug-likeness (QED) is 0.433. The molecule has 0 saturated carbocycles. The van der Waals surface area contributed by atoms with Gasteiger partial charge in [-0.3, -0.25) is 4.79 Å². The number of hydrogen-bond acceptors (Lipinski definition) is 6. The number of amides is 1. The number of carbonyl (C=O) groups excluding carboxylic acids is 1. The maximum Gasteiger partial charge on any atom is 0.288 e. The van der Waals surface area contributed by atoms with Gasteiger partial charge in [0.15, 0.2) is 5.17 Å². The molecule has 3 rings (SSSR count). The van der Waals surface area contributed by atoms with E-state index in [1.807, 2.05) is 0 Å². The fourth-order valence-electron chi connectivity index (χ4n) is 2.35. The lowest BCUT2D eigenvalue weighted by molar-refractivity contribution is -0.118. The number of halogens is 2. The second-order valence-electron chi connectivity index (χ2n) is 5.53. The fraction of sp³-hybridized carbons (Fsp3) is 0.167.